The fourth-order valence-corrected chi connectivity index (χ4v) is 1.68. The minimum absolute atomic E-state index is 0.301. The molecule has 1 aromatic heterocycles. The minimum Gasteiger partial charge on any atom is -0.478 e. The zero-order valence-corrected chi connectivity index (χ0v) is 10.7. The second-order valence-corrected chi connectivity index (χ2v) is 4.29. The van der Waals surface area contributed by atoms with Gasteiger partial charge < -0.3 is 10.0 Å². The Hall–Kier alpha value is -1.58. The lowest BCUT2D eigenvalue weighted by Gasteiger charge is -2.18. The maximum atomic E-state index is 10.9. The van der Waals surface area contributed by atoms with Crippen molar-refractivity contribution in [3.05, 3.63) is 23.4 Å². The summed E-state index contributed by atoms with van der Waals surface area (Å²) in [4.78, 5) is 17.3. The SMILES string of the molecule is CCCCCN(C)c1cc(C(=O)O)cc(C)n1. The van der Waals surface area contributed by atoms with Crippen LogP contribution in [0, 0.1) is 6.92 Å². The van der Waals surface area contributed by atoms with E-state index < -0.39 is 5.97 Å². The summed E-state index contributed by atoms with van der Waals surface area (Å²) in [5.41, 5.74) is 1.04. The largest absolute Gasteiger partial charge is 0.478 e. The fraction of sp³-hybridized carbons (Fsp3) is 0.538. The molecular formula is C13H20N2O2. The monoisotopic (exact) mass is 236 g/mol. The molecule has 0 radical (unpaired) electrons. The molecule has 1 heterocycles. The molecule has 1 rings (SSSR count). The number of unbranched alkanes of at least 4 members (excludes halogenated alkanes) is 2. The first-order valence-corrected chi connectivity index (χ1v) is 5.97. The first kappa shape index (κ1) is 13.5. The van der Waals surface area contributed by atoms with E-state index in [0.717, 1.165) is 24.5 Å². The number of pyridine rings is 1. The maximum absolute atomic E-state index is 10.9. The molecule has 0 unspecified atom stereocenters. The van der Waals surface area contributed by atoms with E-state index in [4.69, 9.17) is 5.11 Å². The number of rotatable bonds is 6. The average Bonchev–Trinajstić information content (AvgIpc) is 2.28. The van der Waals surface area contributed by atoms with Crippen molar-refractivity contribution in [3.8, 4) is 0 Å². The number of carboxylic acid groups (broad SMARTS) is 1. The number of carboxylic acids is 1. The Morgan fingerprint density at radius 2 is 2.12 bits per heavy atom. The van der Waals surface area contributed by atoms with Crippen molar-refractivity contribution in [1.82, 2.24) is 4.98 Å². The molecule has 0 spiro atoms. The second kappa shape index (κ2) is 6.23. The van der Waals surface area contributed by atoms with Crippen LogP contribution < -0.4 is 4.90 Å². The standard InChI is InChI=1S/C13H20N2O2/c1-4-5-6-7-15(3)12-9-11(13(16)17)8-10(2)14-12/h8-9H,4-7H2,1-3H3,(H,16,17). The highest BCUT2D eigenvalue weighted by Gasteiger charge is 2.09. The molecule has 0 saturated heterocycles. The molecule has 0 aliphatic carbocycles. The molecule has 1 N–H and O–H groups in total. The van der Waals surface area contributed by atoms with E-state index in [-0.39, 0.29) is 0 Å². The normalized spacial score (nSPS) is 10.3. The van der Waals surface area contributed by atoms with Gasteiger partial charge >= 0.3 is 5.97 Å². The van der Waals surface area contributed by atoms with Crippen LogP contribution in [0.15, 0.2) is 12.1 Å². The van der Waals surface area contributed by atoms with Crippen LogP contribution in [-0.2, 0) is 0 Å². The topological polar surface area (TPSA) is 53.4 Å². The van der Waals surface area contributed by atoms with Crippen molar-refractivity contribution < 1.29 is 9.90 Å². The van der Waals surface area contributed by atoms with Crippen LogP contribution in [0.25, 0.3) is 0 Å². The summed E-state index contributed by atoms with van der Waals surface area (Å²) >= 11 is 0. The van der Waals surface area contributed by atoms with Gasteiger partial charge in [-0.3, -0.25) is 0 Å². The van der Waals surface area contributed by atoms with Crippen molar-refractivity contribution in [2.24, 2.45) is 0 Å². The molecule has 94 valence electrons. The van der Waals surface area contributed by atoms with E-state index >= 15 is 0 Å². The molecule has 0 atom stereocenters. The van der Waals surface area contributed by atoms with Gasteiger partial charge in [-0.05, 0) is 25.5 Å². The predicted molar refractivity (Wildman–Crippen MR) is 68.7 cm³/mol. The summed E-state index contributed by atoms with van der Waals surface area (Å²) in [6.07, 6.45) is 3.46. The van der Waals surface area contributed by atoms with Gasteiger partial charge in [0.1, 0.15) is 5.82 Å². The van der Waals surface area contributed by atoms with Crippen molar-refractivity contribution in [2.75, 3.05) is 18.5 Å². The Morgan fingerprint density at radius 1 is 1.41 bits per heavy atom. The van der Waals surface area contributed by atoms with Gasteiger partial charge in [0.05, 0.1) is 5.56 Å². The van der Waals surface area contributed by atoms with Gasteiger partial charge in [-0.1, -0.05) is 19.8 Å². The van der Waals surface area contributed by atoms with E-state index in [1.54, 1.807) is 12.1 Å². The molecule has 17 heavy (non-hydrogen) atoms. The molecule has 4 heteroatoms. The Kier molecular flexibility index (Phi) is 4.94. The van der Waals surface area contributed by atoms with Gasteiger partial charge in [-0.25, -0.2) is 9.78 Å². The van der Waals surface area contributed by atoms with Crippen LogP contribution in [-0.4, -0.2) is 29.7 Å². The third-order valence-corrected chi connectivity index (χ3v) is 2.68. The molecule has 0 bridgehead atoms. The molecule has 4 nitrogen and oxygen atoms in total. The van der Waals surface area contributed by atoms with Crippen molar-refractivity contribution in [3.63, 3.8) is 0 Å². The molecular weight excluding hydrogens is 216 g/mol. The number of hydrogen-bond acceptors (Lipinski definition) is 3. The number of aromatic carboxylic acids is 1. The van der Waals surface area contributed by atoms with E-state index in [1.807, 2.05) is 18.9 Å². The number of nitrogens with zero attached hydrogens (tertiary/aromatic N) is 2. The van der Waals surface area contributed by atoms with Crippen molar-refractivity contribution >= 4 is 11.8 Å². The Bertz CT molecular complexity index is 391. The van der Waals surface area contributed by atoms with Crippen LogP contribution in [0.5, 0.6) is 0 Å². The molecule has 0 amide bonds. The zero-order chi connectivity index (χ0) is 12.8. The van der Waals surface area contributed by atoms with E-state index in [1.165, 1.54) is 12.8 Å². The minimum atomic E-state index is -0.904. The highest BCUT2D eigenvalue weighted by Crippen LogP contribution is 2.14. The Labute approximate surface area is 102 Å². The van der Waals surface area contributed by atoms with Gasteiger partial charge in [0.2, 0.25) is 0 Å². The van der Waals surface area contributed by atoms with E-state index in [9.17, 15) is 4.79 Å². The van der Waals surface area contributed by atoms with Gasteiger partial charge in [-0.15, -0.1) is 0 Å². The first-order valence-electron chi connectivity index (χ1n) is 5.97. The number of carbonyl (C=O) groups is 1. The van der Waals surface area contributed by atoms with Gasteiger partial charge in [0.15, 0.2) is 0 Å². The molecule has 0 aliphatic heterocycles. The number of anilines is 1. The molecule has 1 aromatic rings. The summed E-state index contributed by atoms with van der Waals surface area (Å²) in [6.45, 7) is 4.88. The summed E-state index contributed by atoms with van der Waals surface area (Å²) in [5, 5.41) is 8.98. The fourth-order valence-electron chi connectivity index (χ4n) is 1.68. The van der Waals surface area contributed by atoms with Gasteiger partial charge in [-0.2, -0.15) is 0 Å². The molecule has 0 aromatic carbocycles. The predicted octanol–water partition coefficient (Wildman–Crippen LogP) is 2.71. The molecule has 0 fully saturated rings. The zero-order valence-electron chi connectivity index (χ0n) is 10.7. The lowest BCUT2D eigenvalue weighted by Crippen LogP contribution is -2.20. The number of aryl methyl sites for hydroxylation is 1. The van der Waals surface area contributed by atoms with Crippen LogP contribution in [0.4, 0.5) is 5.82 Å². The summed E-state index contributed by atoms with van der Waals surface area (Å²) in [7, 11) is 1.95. The first-order chi connectivity index (χ1) is 8.04. The van der Waals surface area contributed by atoms with E-state index in [0.29, 0.717) is 5.56 Å². The summed E-state index contributed by atoms with van der Waals surface area (Å²) in [6, 6.07) is 3.22. The number of hydrogen-bond donors (Lipinski definition) is 1. The number of aromatic nitrogens is 1. The third kappa shape index (κ3) is 4.06. The highest BCUT2D eigenvalue weighted by molar-refractivity contribution is 5.88. The van der Waals surface area contributed by atoms with Crippen molar-refractivity contribution in [1.29, 1.82) is 0 Å². The Balaban J connectivity index is 2.78. The lowest BCUT2D eigenvalue weighted by molar-refractivity contribution is 0.0696. The maximum Gasteiger partial charge on any atom is 0.335 e. The quantitative estimate of drug-likeness (QED) is 0.772. The second-order valence-electron chi connectivity index (χ2n) is 4.29. The van der Waals surface area contributed by atoms with Gasteiger partial charge in [0.25, 0.3) is 0 Å². The van der Waals surface area contributed by atoms with Crippen LogP contribution in [0.1, 0.15) is 42.2 Å². The summed E-state index contributed by atoms with van der Waals surface area (Å²) in [5.74, 6) is -0.169. The van der Waals surface area contributed by atoms with Crippen LogP contribution in [0.3, 0.4) is 0 Å². The average molecular weight is 236 g/mol. The Morgan fingerprint density at radius 3 is 2.71 bits per heavy atom. The van der Waals surface area contributed by atoms with Crippen LogP contribution in [0.2, 0.25) is 0 Å². The molecule has 0 saturated carbocycles. The van der Waals surface area contributed by atoms with Gasteiger partial charge in [0, 0.05) is 19.3 Å². The molecule has 0 aliphatic rings. The smallest absolute Gasteiger partial charge is 0.335 e. The van der Waals surface area contributed by atoms with Crippen LogP contribution >= 0.6 is 0 Å². The van der Waals surface area contributed by atoms with E-state index in [2.05, 4.69) is 11.9 Å². The summed E-state index contributed by atoms with van der Waals surface area (Å²) < 4.78 is 0. The van der Waals surface area contributed by atoms with Crippen molar-refractivity contribution in [2.45, 2.75) is 33.1 Å². The highest BCUT2D eigenvalue weighted by atomic mass is 16.4. The lowest BCUT2D eigenvalue weighted by atomic mass is 10.2. The third-order valence-electron chi connectivity index (χ3n) is 2.68.